The molecule has 8 nitrogen and oxygen atoms in total. The Morgan fingerprint density at radius 2 is 2.00 bits per heavy atom. The van der Waals surface area contributed by atoms with E-state index in [2.05, 4.69) is 20.7 Å². The number of hydrogen-bond donors (Lipinski definition) is 2. The van der Waals surface area contributed by atoms with Crippen molar-refractivity contribution >= 4 is 17.5 Å². The average Bonchev–Trinajstić information content (AvgIpc) is 3.19. The lowest BCUT2D eigenvalue weighted by atomic mass is 9.92. The minimum absolute atomic E-state index is 0.139. The lowest BCUT2D eigenvalue weighted by molar-refractivity contribution is -0.114. The Morgan fingerprint density at radius 1 is 1.20 bits per heavy atom. The van der Waals surface area contributed by atoms with Crippen molar-refractivity contribution < 1.29 is 14.3 Å². The first-order chi connectivity index (χ1) is 14.5. The molecule has 0 saturated heterocycles. The number of hydrogen-bond acceptors (Lipinski definition) is 5. The van der Waals surface area contributed by atoms with E-state index < -0.39 is 0 Å². The molecule has 154 valence electrons. The zero-order valence-corrected chi connectivity index (χ0v) is 16.9. The van der Waals surface area contributed by atoms with Gasteiger partial charge in [0.2, 0.25) is 5.91 Å². The maximum Gasteiger partial charge on any atom is 0.270 e. The largest absolute Gasteiger partial charge is 0.497 e. The molecular weight excluding hydrogens is 382 g/mol. The Hall–Kier alpha value is -3.68. The number of pyridine rings is 1. The number of methoxy groups -OCH3 is 1. The van der Waals surface area contributed by atoms with Gasteiger partial charge < -0.3 is 15.4 Å². The standard InChI is InChI=1S/C22H23N5O3/c1-14(28)25-15-10-11-23-20(12-15)22(29)26-19-4-3-5-21-18(19)13-24-27(21)16-6-8-17(30-2)9-7-16/h6-13,19H,3-5H2,1-2H3,(H,26,29)(H,23,25,28). The smallest absolute Gasteiger partial charge is 0.270 e. The second-order valence-corrected chi connectivity index (χ2v) is 7.19. The van der Waals surface area contributed by atoms with Gasteiger partial charge in [-0.1, -0.05) is 0 Å². The van der Waals surface area contributed by atoms with Crippen molar-refractivity contribution in [2.24, 2.45) is 0 Å². The van der Waals surface area contributed by atoms with Gasteiger partial charge in [-0.25, -0.2) is 4.68 Å². The predicted octanol–water partition coefficient (Wildman–Crippen LogP) is 3.04. The van der Waals surface area contributed by atoms with Crippen LogP contribution in [0.25, 0.3) is 5.69 Å². The molecule has 3 aromatic rings. The van der Waals surface area contributed by atoms with E-state index in [-0.39, 0.29) is 23.6 Å². The summed E-state index contributed by atoms with van der Waals surface area (Å²) in [6.45, 7) is 1.42. The van der Waals surface area contributed by atoms with Crippen LogP contribution in [0.4, 0.5) is 5.69 Å². The van der Waals surface area contributed by atoms with E-state index in [4.69, 9.17) is 4.74 Å². The van der Waals surface area contributed by atoms with Crippen LogP contribution >= 0.6 is 0 Å². The SMILES string of the molecule is COc1ccc(-n2ncc3c2CCCC3NC(=O)c2cc(NC(C)=O)ccn2)cc1. The molecule has 0 spiro atoms. The van der Waals surface area contributed by atoms with Crippen LogP contribution < -0.4 is 15.4 Å². The van der Waals surface area contributed by atoms with Crippen molar-refractivity contribution in [2.75, 3.05) is 12.4 Å². The van der Waals surface area contributed by atoms with Crippen molar-refractivity contribution in [3.8, 4) is 11.4 Å². The molecule has 0 aliphatic heterocycles. The molecule has 0 bridgehead atoms. The van der Waals surface area contributed by atoms with E-state index in [0.29, 0.717) is 5.69 Å². The van der Waals surface area contributed by atoms with Crippen molar-refractivity contribution in [3.05, 3.63) is 65.7 Å². The lowest BCUT2D eigenvalue weighted by Gasteiger charge is -2.24. The topological polar surface area (TPSA) is 98.1 Å². The maximum atomic E-state index is 12.8. The van der Waals surface area contributed by atoms with Crippen LogP contribution in [0, 0.1) is 0 Å². The minimum Gasteiger partial charge on any atom is -0.497 e. The third-order valence-corrected chi connectivity index (χ3v) is 5.12. The highest BCUT2D eigenvalue weighted by Gasteiger charge is 2.26. The van der Waals surface area contributed by atoms with Crippen LogP contribution in [0.1, 0.15) is 47.6 Å². The summed E-state index contributed by atoms with van der Waals surface area (Å²) in [6, 6.07) is 10.8. The molecule has 0 saturated carbocycles. The van der Waals surface area contributed by atoms with Gasteiger partial charge in [0, 0.05) is 30.1 Å². The first-order valence-corrected chi connectivity index (χ1v) is 9.81. The van der Waals surface area contributed by atoms with E-state index in [9.17, 15) is 9.59 Å². The van der Waals surface area contributed by atoms with E-state index >= 15 is 0 Å². The molecule has 1 aromatic carbocycles. The summed E-state index contributed by atoms with van der Waals surface area (Å²) in [4.78, 5) is 28.2. The molecule has 8 heteroatoms. The number of nitrogens with zero attached hydrogens (tertiary/aromatic N) is 3. The van der Waals surface area contributed by atoms with Crippen LogP contribution in [-0.2, 0) is 11.2 Å². The van der Waals surface area contributed by atoms with Crippen molar-refractivity contribution in [1.29, 1.82) is 0 Å². The Balaban J connectivity index is 1.54. The fraction of sp³-hybridized carbons (Fsp3) is 0.273. The monoisotopic (exact) mass is 405 g/mol. The number of carbonyl (C=O) groups is 2. The highest BCUT2D eigenvalue weighted by atomic mass is 16.5. The summed E-state index contributed by atoms with van der Waals surface area (Å²) in [6.07, 6.45) is 6.00. The Bertz CT molecular complexity index is 1070. The maximum absolute atomic E-state index is 12.8. The summed E-state index contributed by atoms with van der Waals surface area (Å²) in [7, 11) is 1.64. The summed E-state index contributed by atoms with van der Waals surface area (Å²) in [5, 5.41) is 10.3. The second-order valence-electron chi connectivity index (χ2n) is 7.19. The molecule has 2 heterocycles. The zero-order valence-electron chi connectivity index (χ0n) is 16.9. The molecule has 1 unspecified atom stereocenters. The minimum atomic E-state index is -0.280. The number of aromatic nitrogens is 3. The molecular formula is C22H23N5O3. The molecule has 1 atom stereocenters. The van der Waals surface area contributed by atoms with Crippen LogP contribution in [0.2, 0.25) is 0 Å². The van der Waals surface area contributed by atoms with Gasteiger partial charge >= 0.3 is 0 Å². The van der Waals surface area contributed by atoms with Gasteiger partial charge in [-0.2, -0.15) is 5.10 Å². The number of fused-ring (bicyclic) bond motifs is 1. The van der Waals surface area contributed by atoms with Crippen molar-refractivity contribution in [2.45, 2.75) is 32.2 Å². The van der Waals surface area contributed by atoms with E-state index in [1.807, 2.05) is 35.1 Å². The molecule has 2 amide bonds. The summed E-state index contributed by atoms with van der Waals surface area (Å²) in [5.41, 5.74) is 3.86. The Morgan fingerprint density at radius 3 is 2.73 bits per heavy atom. The molecule has 1 aliphatic carbocycles. The number of rotatable bonds is 5. The predicted molar refractivity (Wildman–Crippen MR) is 112 cm³/mol. The van der Waals surface area contributed by atoms with Gasteiger partial charge in [-0.05, 0) is 55.7 Å². The zero-order chi connectivity index (χ0) is 21.1. The van der Waals surface area contributed by atoms with Crippen molar-refractivity contribution in [1.82, 2.24) is 20.1 Å². The van der Waals surface area contributed by atoms with Crippen LogP contribution in [0.15, 0.2) is 48.8 Å². The van der Waals surface area contributed by atoms with Gasteiger partial charge in [0.1, 0.15) is 11.4 Å². The summed E-state index contributed by atoms with van der Waals surface area (Å²) >= 11 is 0. The first-order valence-electron chi connectivity index (χ1n) is 9.81. The molecule has 1 aliphatic rings. The first kappa shape index (κ1) is 19.6. The molecule has 2 aromatic heterocycles. The molecule has 2 N–H and O–H groups in total. The number of nitrogens with one attached hydrogen (secondary N) is 2. The number of carbonyl (C=O) groups excluding carboxylic acids is 2. The fourth-order valence-electron chi connectivity index (χ4n) is 3.72. The number of ether oxygens (including phenoxy) is 1. The van der Waals surface area contributed by atoms with Crippen LogP contribution in [-0.4, -0.2) is 33.7 Å². The normalized spacial score (nSPS) is 15.2. The van der Waals surface area contributed by atoms with Gasteiger partial charge in [0.15, 0.2) is 0 Å². The Labute approximate surface area is 174 Å². The quantitative estimate of drug-likeness (QED) is 0.680. The highest BCUT2D eigenvalue weighted by molar-refractivity contribution is 5.95. The van der Waals surface area contributed by atoms with Crippen LogP contribution in [0.3, 0.4) is 0 Å². The average molecular weight is 405 g/mol. The second kappa shape index (κ2) is 8.36. The van der Waals surface area contributed by atoms with Gasteiger partial charge in [-0.3, -0.25) is 14.6 Å². The molecule has 0 fully saturated rings. The van der Waals surface area contributed by atoms with Gasteiger partial charge in [0.25, 0.3) is 5.91 Å². The fourth-order valence-corrected chi connectivity index (χ4v) is 3.72. The number of benzene rings is 1. The molecule has 30 heavy (non-hydrogen) atoms. The van der Waals surface area contributed by atoms with E-state index in [0.717, 1.165) is 42.0 Å². The lowest BCUT2D eigenvalue weighted by Crippen LogP contribution is -2.31. The Kier molecular flexibility index (Phi) is 5.47. The number of amides is 2. The number of anilines is 1. The van der Waals surface area contributed by atoms with Crippen molar-refractivity contribution in [3.63, 3.8) is 0 Å². The van der Waals surface area contributed by atoms with Gasteiger partial charge in [-0.15, -0.1) is 0 Å². The van der Waals surface area contributed by atoms with E-state index in [1.165, 1.54) is 13.1 Å². The summed E-state index contributed by atoms with van der Waals surface area (Å²) < 4.78 is 7.14. The summed E-state index contributed by atoms with van der Waals surface area (Å²) in [5.74, 6) is 0.312. The highest BCUT2D eigenvalue weighted by Crippen LogP contribution is 2.31. The van der Waals surface area contributed by atoms with E-state index in [1.54, 1.807) is 19.2 Å². The van der Waals surface area contributed by atoms with Crippen LogP contribution in [0.5, 0.6) is 5.75 Å². The molecule has 0 radical (unpaired) electrons. The third kappa shape index (κ3) is 4.03. The van der Waals surface area contributed by atoms with Gasteiger partial charge in [0.05, 0.1) is 25.0 Å². The third-order valence-electron chi connectivity index (χ3n) is 5.12. The molecule has 4 rings (SSSR count).